The predicted octanol–water partition coefficient (Wildman–Crippen LogP) is 5.74. The average Bonchev–Trinajstić information content (AvgIpc) is 3.39. The summed E-state index contributed by atoms with van der Waals surface area (Å²) in [6.07, 6.45) is -2.00. The Morgan fingerprint density at radius 1 is 0.932 bits per heavy atom. The average molecular weight is 648 g/mol. The highest BCUT2D eigenvalue weighted by Gasteiger charge is 2.31. The predicted molar refractivity (Wildman–Crippen MR) is 157 cm³/mol. The molecular formula is C30H25ClF3N3O6S. The van der Waals surface area contributed by atoms with Crippen molar-refractivity contribution in [2.75, 3.05) is 0 Å². The van der Waals surface area contributed by atoms with Gasteiger partial charge in [-0.25, -0.2) is 9.59 Å². The number of halogens is 4. The zero-order valence-electron chi connectivity index (χ0n) is 22.7. The van der Waals surface area contributed by atoms with E-state index in [1.165, 1.54) is 12.1 Å². The van der Waals surface area contributed by atoms with Gasteiger partial charge in [-0.15, -0.1) is 0 Å². The molecule has 2 unspecified atom stereocenters. The van der Waals surface area contributed by atoms with Gasteiger partial charge in [0, 0.05) is 23.4 Å². The molecule has 1 amide bonds. The van der Waals surface area contributed by atoms with Gasteiger partial charge in [0.2, 0.25) is 0 Å². The third kappa shape index (κ3) is 8.85. The molecule has 1 heterocycles. The van der Waals surface area contributed by atoms with Gasteiger partial charge in [0.15, 0.2) is 11.8 Å². The van der Waals surface area contributed by atoms with Crippen LogP contribution in [0.15, 0.2) is 83.8 Å². The van der Waals surface area contributed by atoms with Gasteiger partial charge in [-0.1, -0.05) is 72.3 Å². The number of thioether (sulfide) groups is 1. The maximum Gasteiger partial charge on any atom is 0.446 e. The van der Waals surface area contributed by atoms with E-state index in [2.05, 4.69) is 10.4 Å². The molecule has 0 aliphatic heterocycles. The number of hydrogen-bond acceptors (Lipinski definition) is 6. The lowest BCUT2D eigenvalue weighted by Crippen LogP contribution is -2.40. The Bertz CT molecular complexity index is 1650. The molecule has 0 saturated carbocycles. The summed E-state index contributed by atoms with van der Waals surface area (Å²) in [6.45, 7) is -0.285. The number of aliphatic carboxylic acids is 1. The van der Waals surface area contributed by atoms with Crippen molar-refractivity contribution in [2.45, 2.75) is 41.9 Å². The van der Waals surface area contributed by atoms with Gasteiger partial charge in [0.05, 0.1) is 11.6 Å². The van der Waals surface area contributed by atoms with Crippen LogP contribution in [0.5, 0.6) is 0 Å². The van der Waals surface area contributed by atoms with Crippen molar-refractivity contribution in [3.63, 3.8) is 0 Å². The molecule has 0 spiro atoms. The minimum absolute atomic E-state index is 0.139. The Balaban J connectivity index is 1.54. The fraction of sp³-hybridized carbons (Fsp3) is 0.200. The van der Waals surface area contributed by atoms with Crippen molar-refractivity contribution in [3.8, 4) is 11.1 Å². The van der Waals surface area contributed by atoms with Crippen LogP contribution < -0.4 is 5.32 Å². The Kier molecular flexibility index (Phi) is 10.3. The number of nitrogens with one attached hydrogen (secondary N) is 1. The van der Waals surface area contributed by atoms with Gasteiger partial charge in [-0.05, 0) is 52.6 Å². The first kappa shape index (κ1) is 32.6. The second kappa shape index (κ2) is 14.0. The Morgan fingerprint density at radius 2 is 1.57 bits per heavy atom. The Hall–Kier alpha value is -4.33. The molecule has 4 aromatic rings. The smallest absolute Gasteiger partial charge is 0.446 e. The summed E-state index contributed by atoms with van der Waals surface area (Å²) in [5.41, 5.74) is -2.41. The van der Waals surface area contributed by atoms with Crippen molar-refractivity contribution >= 4 is 41.2 Å². The van der Waals surface area contributed by atoms with E-state index in [0.29, 0.717) is 0 Å². The number of benzene rings is 3. The third-order valence-electron chi connectivity index (χ3n) is 6.46. The van der Waals surface area contributed by atoms with Gasteiger partial charge in [-0.2, -0.15) is 18.3 Å². The number of nitrogens with zero attached hydrogens (tertiary/aromatic N) is 2. The first-order chi connectivity index (χ1) is 20.8. The largest absolute Gasteiger partial charge is 0.479 e. The number of carboxylic acid groups (broad SMARTS) is 2. The molecule has 0 bridgehead atoms. The number of amides is 1. The lowest BCUT2D eigenvalue weighted by Gasteiger charge is -2.20. The number of carboxylic acids is 2. The van der Waals surface area contributed by atoms with Crippen molar-refractivity contribution < 1.29 is 42.9 Å². The first-order valence-electron chi connectivity index (χ1n) is 13.0. The maximum absolute atomic E-state index is 13.2. The standard InChI is InChI=1S/C30H25ClF3N3O6S/c31-22-11-8-18(13-26(22)44-30(32,33)34)16-37-24(28(40)41)15-23(36-37)27(39)35-21(14-25(38)29(42)43)12-17-6-9-20(10-7-17)19-4-2-1-3-5-19/h1-11,13,15,21,25,38H,12,14,16H2,(H,35,39)(H,40,41)(H,42,43). The molecule has 4 N–H and O–H groups in total. The molecule has 0 radical (unpaired) electrons. The zero-order valence-corrected chi connectivity index (χ0v) is 24.2. The van der Waals surface area contributed by atoms with Gasteiger partial charge < -0.3 is 20.6 Å². The molecule has 14 heteroatoms. The molecule has 0 aliphatic rings. The summed E-state index contributed by atoms with van der Waals surface area (Å²) in [7, 11) is 0. The highest BCUT2D eigenvalue weighted by Crippen LogP contribution is 2.40. The molecule has 2 atom stereocenters. The van der Waals surface area contributed by atoms with Crippen molar-refractivity contribution in [3.05, 3.63) is 106 Å². The summed E-state index contributed by atoms with van der Waals surface area (Å²) >= 11 is 5.47. The molecule has 1 aromatic heterocycles. The lowest BCUT2D eigenvalue weighted by molar-refractivity contribution is -0.147. The Morgan fingerprint density at radius 3 is 2.18 bits per heavy atom. The zero-order chi connectivity index (χ0) is 32.0. The molecular weight excluding hydrogens is 623 g/mol. The summed E-state index contributed by atoms with van der Waals surface area (Å²) in [6, 6.07) is 20.9. The number of aromatic carboxylic acids is 1. The Labute approximate surface area is 258 Å². The van der Waals surface area contributed by atoms with Crippen LogP contribution in [0, 0.1) is 0 Å². The normalized spacial score (nSPS) is 12.8. The number of aromatic nitrogens is 2. The number of aliphatic hydroxyl groups excluding tert-OH is 1. The number of alkyl halides is 3. The summed E-state index contributed by atoms with van der Waals surface area (Å²) < 4.78 is 39.7. The minimum Gasteiger partial charge on any atom is -0.479 e. The van der Waals surface area contributed by atoms with Crippen LogP contribution in [0.2, 0.25) is 5.02 Å². The molecule has 3 aromatic carbocycles. The van der Waals surface area contributed by atoms with Gasteiger partial charge >= 0.3 is 17.4 Å². The van der Waals surface area contributed by atoms with E-state index < -0.39 is 53.0 Å². The van der Waals surface area contributed by atoms with E-state index in [1.54, 1.807) is 0 Å². The molecule has 4 rings (SSSR count). The highest BCUT2D eigenvalue weighted by atomic mass is 35.5. The van der Waals surface area contributed by atoms with Gasteiger partial charge in [0.1, 0.15) is 5.69 Å². The van der Waals surface area contributed by atoms with Crippen molar-refractivity contribution in [1.82, 2.24) is 15.1 Å². The second-order valence-corrected chi connectivity index (χ2v) is 11.2. The quantitative estimate of drug-likeness (QED) is 0.143. The van der Waals surface area contributed by atoms with Crippen LogP contribution in [0.3, 0.4) is 0 Å². The van der Waals surface area contributed by atoms with E-state index >= 15 is 0 Å². The number of aliphatic hydroxyl groups is 1. The third-order valence-corrected chi connectivity index (χ3v) is 7.69. The molecule has 0 fully saturated rings. The van der Waals surface area contributed by atoms with Crippen molar-refractivity contribution in [2.24, 2.45) is 0 Å². The van der Waals surface area contributed by atoms with E-state index in [4.69, 9.17) is 11.6 Å². The van der Waals surface area contributed by atoms with E-state index in [9.17, 15) is 42.9 Å². The number of carbonyl (C=O) groups excluding carboxylic acids is 1. The molecule has 0 aliphatic carbocycles. The first-order valence-corrected chi connectivity index (χ1v) is 14.2. The minimum atomic E-state index is -4.60. The SMILES string of the molecule is O=C(NC(Cc1ccc(-c2ccccc2)cc1)CC(O)C(=O)O)c1cc(C(=O)O)n(Cc2ccc(Cl)c(SC(F)(F)F)c2)n1. The highest BCUT2D eigenvalue weighted by molar-refractivity contribution is 8.00. The van der Waals surface area contributed by atoms with Crippen LogP contribution in [-0.2, 0) is 17.8 Å². The van der Waals surface area contributed by atoms with E-state index in [-0.39, 0.29) is 40.6 Å². The van der Waals surface area contributed by atoms with Gasteiger partial charge in [-0.3, -0.25) is 9.48 Å². The van der Waals surface area contributed by atoms with E-state index in [0.717, 1.165) is 33.5 Å². The van der Waals surface area contributed by atoms with Crippen LogP contribution in [0.4, 0.5) is 13.2 Å². The summed E-state index contributed by atoms with van der Waals surface area (Å²) in [5.74, 6) is -3.75. The molecule has 9 nitrogen and oxygen atoms in total. The number of hydrogen-bond donors (Lipinski definition) is 4. The lowest BCUT2D eigenvalue weighted by atomic mass is 9.97. The van der Waals surface area contributed by atoms with Crippen LogP contribution >= 0.6 is 23.4 Å². The van der Waals surface area contributed by atoms with Crippen LogP contribution in [0.25, 0.3) is 11.1 Å². The summed E-state index contributed by atoms with van der Waals surface area (Å²) in [4.78, 5) is 36.1. The second-order valence-electron chi connectivity index (χ2n) is 9.72. The van der Waals surface area contributed by atoms with Gasteiger partial charge in [0.25, 0.3) is 5.91 Å². The fourth-order valence-corrected chi connectivity index (χ4v) is 5.27. The molecule has 44 heavy (non-hydrogen) atoms. The molecule has 230 valence electrons. The topological polar surface area (TPSA) is 142 Å². The number of rotatable bonds is 12. The maximum atomic E-state index is 13.2. The number of carbonyl (C=O) groups is 3. The molecule has 0 saturated heterocycles. The monoisotopic (exact) mass is 647 g/mol. The van der Waals surface area contributed by atoms with E-state index in [1.807, 2.05) is 54.6 Å². The summed E-state index contributed by atoms with van der Waals surface area (Å²) in [5, 5.41) is 35.5. The van der Waals surface area contributed by atoms with Crippen LogP contribution in [-0.4, -0.2) is 60.6 Å². The van der Waals surface area contributed by atoms with Crippen molar-refractivity contribution in [1.29, 1.82) is 0 Å². The fourth-order valence-electron chi connectivity index (χ4n) is 4.41. The van der Waals surface area contributed by atoms with Crippen LogP contribution in [0.1, 0.15) is 38.5 Å².